The molecule has 1 aromatic rings. The van der Waals surface area contributed by atoms with Crippen LogP contribution in [0.4, 0.5) is 5.69 Å². The van der Waals surface area contributed by atoms with Crippen LogP contribution < -0.4 is 10.0 Å². The molecular weight excluding hydrogens is 398 g/mol. The fraction of sp³-hybridized carbons (Fsp3) is 0.500. The van der Waals surface area contributed by atoms with Crippen LogP contribution >= 0.6 is 28.3 Å². The lowest BCUT2D eigenvalue weighted by Crippen LogP contribution is -2.48. The Labute approximate surface area is 143 Å². The standard InChI is InChI=1S/C12H16BrN3O4S.ClH/c1-8-7-14-5-4-10(8)15-21(19,20)12-3-2-9(13)6-11(12)16(17)18;/h2-3,6,8,10,14-15H,4-5,7H2,1H3;1H. The lowest BCUT2D eigenvalue weighted by molar-refractivity contribution is -0.387. The molecule has 10 heteroatoms. The van der Waals surface area contributed by atoms with E-state index in [-0.39, 0.29) is 29.3 Å². The molecule has 1 aliphatic rings. The van der Waals surface area contributed by atoms with Gasteiger partial charge >= 0.3 is 0 Å². The van der Waals surface area contributed by atoms with Crippen molar-refractivity contribution in [1.82, 2.24) is 10.0 Å². The molecule has 0 spiro atoms. The maximum absolute atomic E-state index is 12.4. The zero-order valence-electron chi connectivity index (χ0n) is 11.8. The number of hydrogen-bond donors (Lipinski definition) is 2. The van der Waals surface area contributed by atoms with Gasteiger partial charge in [-0.05, 0) is 37.6 Å². The van der Waals surface area contributed by atoms with Crippen LogP contribution in [0, 0.1) is 16.0 Å². The van der Waals surface area contributed by atoms with Crippen LogP contribution in [-0.2, 0) is 10.0 Å². The van der Waals surface area contributed by atoms with Crippen molar-refractivity contribution in [3.8, 4) is 0 Å². The smallest absolute Gasteiger partial charge is 0.290 e. The van der Waals surface area contributed by atoms with Crippen LogP contribution in [0.1, 0.15) is 13.3 Å². The topological polar surface area (TPSA) is 101 Å². The van der Waals surface area contributed by atoms with Crippen molar-refractivity contribution in [2.24, 2.45) is 5.92 Å². The van der Waals surface area contributed by atoms with Crippen molar-refractivity contribution < 1.29 is 13.3 Å². The van der Waals surface area contributed by atoms with Crippen LogP contribution in [-0.4, -0.2) is 32.5 Å². The van der Waals surface area contributed by atoms with Crippen molar-refractivity contribution in [3.05, 3.63) is 32.8 Å². The van der Waals surface area contributed by atoms with Gasteiger partial charge in [-0.25, -0.2) is 13.1 Å². The van der Waals surface area contributed by atoms with Gasteiger partial charge in [-0.2, -0.15) is 0 Å². The molecular formula is C12H17BrClN3O4S. The molecule has 1 aliphatic heterocycles. The molecule has 2 unspecified atom stereocenters. The Morgan fingerprint density at radius 3 is 2.73 bits per heavy atom. The van der Waals surface area contributed by atoms with Crippen molar-refractivity contribution >= 4 is 44.0 Å². The summed E-state index contributed by atoms with van der Waals surface area (Å²) >= 11 is 3.11. The van der Waals surface area contributed by atoms with Gasteiger partial charge < -0.3 is 5.32 Å². The minimum absolute atomic E-state index is 0. The van der Waals surface area contributed by atoms with Crippen molar-refractivity contribution in [2.75, 3.05) is 13.1 Å². The summed E-state index contributed by atoms with van der Waals surface area (Å²) in [5.41, 5.74) is -0.432. The maximum Gasteiger partial charge on any atom is 0.290 e. The first kappa shape index (κ1) is 19.3. The predicted molar refractivity (Wildman–Crippen MR) is 88.8 cm³/mol. The summed E-state index contributed by atoms with van der Waals surface area (Å²) in [6.07, 6.45) is 0.657. The fourth-order valence-corrected chi connectivity index (χ4v) is 4.19. The molecule has 22 heavy (non-hydrogen) atoms. The number of piperidine rings is 1. The minimum Gasteiger partial charge on any atom is -0.316 e. The van der Waals surface area contributed by atoms with Gasteiger partial charge in [0, 0.05) is 16.6 Å². The van der Waals surface area contributed by atoms with Gasteiger partial charge in [-0.15, -0.1) is 12.4 Å². The molecule has 2 rings (SSSR count). The molecule has 0 amide bonds. The monoisotopic (exact) mass is 413 g/mol. The quantitative estimate of drug-likeness (QED) is 0.580. The molecule has 1 heterocycles. The van der Waals surface area contributed by atoms with E-state index in [2.05, 4.69) is 26.0 Å². The molecule has 2 N–H and O–H groups in total. The number of benzene rings is 1. The number of halogens is 2. The summed E-state index contributed by atoms with van der Waals surface area (Å²) in [5.74, 6) is 0.128. The lowest BCUT2D eigenvalue weighted by atomic mass is 9.97. The number of rotatable bonds is 4. The third kappa shape index (κ3) is 4.39. The molecule has 0 aromatic heterocycles. The van der Waals surface area contributed by atoms with Gasteiger partial charge in [0.05, 0.1) is 4.92 Å². The van der Waals surface area contributed by atoms with E-state index in [0.717, 1.165) is 13.1 Å². The highest BCUT2D eigenvalue weighted by Crippen LogP contribution is 2.28. The molecule has 0 radical (unpaired) electrons. The predicted octanol–water partition coefficient (Wildman–Crippen LogP) is 2.06. The molecule has 1 aromatic carbocycles. The highest BCUT2D eigenvalue weighted by molar-refractivity contribution is 9.10. The van der Waals surface area contributed by atoms with Crippen molar-refractivity contribution in [3.63, 3.8) is 0 Å². The highest BCUT2D eigenvalue weighted by Gasteiger charge is 2.31. The Balaban J connectivity index is 0.00000242. The largest absolute Gasteiger partial charge is 0.316 e. The summed E-state index contributed by atoms with van der Waals surface area (Å²) in [4.78, 5) is 10.1. The molecule has 1 saturated heterocycles. The second-order valence-corrected chi connectivity index (χ2v) is 7.67. The normalized spacial score (nSPS) is 21.9. The molecule has 7 nitrogen and oxygen atoms in total. The first-order valence-corrected chi connectivity index (χ1v) is 8.76. The average molecular weight is 415 g/mol. The van der Waals surface area contributed by atoms with Gasteiger partial charge in [0.25, 0.3) is 5.69 Å². The Morgan fingerprint density at radius 2 is 2.14 bits per heavy atom. The van der Waals surface area contributed by atoms with E-state index in [4.69, 9.17) is 0 Å². The third-order valence-electron chi connectivity index (χ3n) is 3.50. The summed E-state index contributed by atoms with van der Waals surface area (Å²) in [6.45, 7) is 3.38. The minimum atomic E-state index is -3.93. The zero-order valence-corrected chi connectivity index (χ0v) is 15.0. The molecule has 0 aliphatic carbocycles. The highest BCUT2D eigenvalue weighted by atomic mass is 79.9. The summed E-state index contributed by atoms with van der Waals surface area (Å²) in [6, 6.07) is 3.70. The van der Waals surface area contributed by atoms with E-state index in [1.54, 1.807) is 0 Å². The number of nitrogens with zero attached hydrogens (tertiary/aromatic N) is 1. The molecule has 0 bridgehead atoms. The van der Waals surface area contributed by atoms with E-state index in [9.17, 15) is 18.5 Å². The number of hydrogen-bond acceptors (Lipinski definition) is 5. The summed E-state index contributed by atoms with van der Waals surface area (Å²) in [5, 5.41) is 14.2. The molecule has 0 saturated carbocycles. The summed E-state index contributed by atoms with van der Waals surface area (Å²) in [7, 11) is -3.93. The second kappa shape index (κ2) is 7.69. The lowest BCUT2D eigenvalue weighted by Gasteiger charge is -2.29. The van der Waals surface area contributed by atoms with E-state index < -0.39 is 20.6 Å². The molecule has 124 valence electrons. The first-order chi connectivity index (χ1) is 9.81. The Bertz CT molecular complexity index is 656. The Kier molecular flexibility index (Phi) is 6.75. The molecule has 2 atom stereocenters. The van der Waals surface area contributed by atoms with E-state index >= 15 is 0 Å². The van der Waals surface area contributed by atoms with Gasteiger partial charge in [-0.3, -0.25) is 10.1 Å². The van der Waals surface area contributed by atoms with Gasteiger partial charge in [0.2, 0.25) is 10.0 Å². The van der Waals surface area contributed by atoms with E-state index in [1.165, 1.54) is 18.2 Å². The third-order valence-corrected chi connectivity index (χ3v) is 5.53. The molecule has 1 fully saturated rings. The number of sulfonamides is 1. The van der Waals surface area contributed by atoms with Crippen LogP contribution in [0.15, 0.2) is 27.6 Å². The van der Waals surface area contributed by atoms with Gasteiger partial charge in [0.1, 0.15) is 0 Å². The summed E-state index contributed by atoms with van der Waals surface area (Å²) < 4.78 is 27.9. The van der Waals surface area contributed by atoms with Crippen LogP contribution in [0.3, 0.4) is 0 Å². The van der Waals surface area contributed by atoms with E-state index in [1.807, 2.05) is 6.92 Å². The van der Waals surface area contributed by atoms with E-state index in [0.29, 0.717) is 10.9 Å². The second-order valence-electron chi connectivity index (χ2n) is 5.07. The average Bonchev–Trinajstić information content (AvgIpc) is 2.40. The Hall–Kier alpha value is -0.740. The van der Waals surface area contributed by atoms with Crippen LogP contribution in [0.2, 0.25) is 0 Å². The number of nitro benzene ring substituents is 1. The number of nitro groups is 1. The maximum atomic E-state index is 12.4. The van der Waals surface area contributed by atoms with Crippen LogP contribution in [0.5, 0.6) is 0 Å². The number of nitrogens with one attached hydrogen (secondary N) is 2. The Morgan fingerprint density at radius 1 is 1.45 bits per heavy atom. The van der Waals surface area contributed by atoms with Crippen LogP contribution in [0.25, 0.3) is 0 Å². The fourth-order valence-electron chi connectivity index (χ4n) is 2.31. The zero-order chi connectivity index (χ0) is 15.6. The van der Waals surface area contributed by atoms with Gasteiger partial charge in [-0.1, -0.05) is 22.9 Å². The van der Waals surface area contributed by atoms with Crippen molar-refractivity contribution in [1.29, 1.82) is 0 Å². The first-order valence-electron chi connectivity index (χ1n) is 6.48. The van der Waals surface area contributed by atoms with Gasteiger partial charge in [0.15, 0.2) is 4.90 Å². The SMILES string of the molecule is CC1CNCCC1NS(=O)(=O)c1ccc(Br)cc1[N+](=O)[O-].Cl. The van der Waals surface area contributed by atoms with Crippen molar-refractivity contribution in [2.45, 2.75) is 24.3 Å².